The predicted octanol–water partition coefficient (Wildman–Crippen LogP) is 3.56. The number of fused-ring (bicyclic) bond motifs is 1. The van der Waals surface area contributed by atoms with Crippen molar-refractivity contribution < 1.29 is 14.4 Å². The van der Waals surface area contributed by atoms with Crippen molar-refractivity contribution in [2.75, 3.05) is 4.90 Å². The van der Waals surface area contributed by atoms with Crippen molar-refractivity contribution in [3.63, 3.8) is 0 Å². The molecule has 0 aliphatic carbocycles. The van der Waals surface area contributed by atoms with Gasteiger partial charge in [-0.1, -0.05) is 11.6 Å². The number of carbonyl (C=O) groups excluding carboxylic acids is 3. The third kappa shape index (κ3) is 2.25. The number of rotatable bonds is 2. The van der Waals surface area contributed by atoms with Crippen molar-refractivity contribution in [2.45, 2.75) is 5.92 Å². The van der Waals surface area contributed by atoms with Crippen LogP contribution in [0.15, 0.2) is 34.1 Å². The van der Waals surface area contributed by atoms with Crippen molar-refractivity contribution in [3.05, 3.63) is 49.6 Å². The number of hydrogen-bond acceptors (Lipinski definition) is 4. The third-order valence-electron chi connectivity index (χ3n) is 3.33. The molecule has 1 unspecified atom stereocenters. The lowest BCUT2D eigenvalue weighted by Gasteiger charge is -2.12. The third-order valence-corrected chi connectivity index (χ3v) is 5.42. The largest absolute Gasteiger partial charge is 0.351 e. The molecule has 3 rings (SSSR count). The van der Waals surface area contributed by atoms with Crippen LogP contribution in [0.1, 0.15) is 21.2 Å². The molecule has 1 aliphatic rings. The molecule has 1 aromatic heterocycles. The average molecular weight is 400 g/mol. The number of nitrogens with two attached hydrogens (primary N) is 1. The summed E-state index contributed by atoms with van der Waals surface area (Å²) in [5.41, 5.74) is 5.96. The maximum atomic E-state index is 12.7. The van der Waals surface area contributed by atoms with Crippen LogP contribution in [-0.4, -0.2) is 17.7 Å². The van der Waals surface area contributed by atoms with Gasteiger partial charge in [0.2, 0.25) is 0 Å². The quantitative estimate of drug-likeness (QED) is 0.619. The molecule has 22 heavy (non-hydrogen) atoms. The Morgan fingerprint density at radius 1 is 1.32 bits per heavy atom. The number of benzene rings is 1. The number of ketones is 1. The van der Waals surface area contributed by atoms with Crippen molar-refractivity contribution in [1.82, 2.24) is 0 Å². The second-order valence-electron chi connectivity index (χ2n) is 4.61. The normalized spacial score (nSPS) is 16.7. The van der Waals surface area contributed by atoms with E-state index < -0.39 is 17.9 Å². The van der Waals surface area contributed by atoms with Gasteiger partial charge in [0, 0.05) is 9.50 Å². The summed E-state index contributed by atoms with van der Waals surface area (Å²) in [6.07, 6.45) is 0. The van der Waals surface area contributed by atoms with Gasteiger partial charge in [-0.05, 0) is 51.1 Å². The van der Waals surface area contributed by atoms with E-state index in [4.69, 9.17) is 17.3 Å². The van der Waals surface area contributed by atoms with E-state index in [0.717, 1.165) is 4.90 Å². The highest BCUT2D eigenvalue weighted by Crippen LogP contribution is 2.42. The summed E-state index contributed by atoms with van der Waals surface area (Å²) in [5.74, 6) is -2.16. The second-order valence-corrected chi connectivity index (χ2v) is 6.82. The molecule has 0 spiro atoms. The number of thiophene rings is 1. The monoisotopic (exact) mass is 398 g/mol. The fourth-order valence-electron chi connectivity index (χ4n) is 2.42. The smallest absolute Gasteiger partial charge is 0.326 e. The number of carbonyl (C=O) groups is 3. The highest BCUT2D eigenvalue weighted by atomic mass is 79.9. The maximum absolute atomic E-state index is 12.7. The van der Waals surface area contributed by atoms with Gasteiger partial charge in [-0.2, -0.15) is 0 Å². The summed E-state index contributed by atoms with van der Waals surface area (Å²) in [6.45, 7) is 0. The molecule has 8 heteroatoms. The Kier molecular flexibility index (Phi) is 3.80. The molecule has 2 N–H and O–H groups in total. The van der Waals surface area contributed by atoms with Gasteiger partial charge in [-0.15, -0.1) is 11.3 Å². The molecular weight excluding hydrogens is 392 g/mol. The molecule has 1 aliphatic heterocycles. The number of hydrogen-bond donors (Lipinski definition) is 1. The fourth-order valence-corrected chi connectivity index (χ4v) is 4.14. The lowest BCUT2D eigenvalue weighted by molar-refractivity contribution is -0.117. The minimum absolute atomic E-state index is 0.299. The molecule has 1 aromatic carbocycles. The Labute approximate surface area is 142 Å². The second kappa shape index (κ2) is 5.49. The summed E-state index contributed by atoms with van der Waals surface area (Å²) < 4.78 is 0.608. The van der Waals surface area contributed by atoms with Gasteiger partial charge in [0.05, 0.1) is 10.6 Å². The van der Waals surface area contributed by atoms with Crippen LogP contribution < -0.4 is 10.6 Å². The van der Waals surface area contributed by atoms with Gasteiger partial charge in [0.1, 0.15) is 5.92 Å². The first-order valence-electron chi connectivity index (χ1n) is 6.12. The minimum atomic E-state index is -1.11. The van der Waals surface area contributed by atoms with Crippen molar-refractivity contribution >= 4 is 62.3 Å². The Morgan fingerprint density at radius 3 is 2.64 bits per heavy atom. The number of primary amides is 1. The predicted molar refractivity (Wildman–Crippen MR) is 87.6 cm³/mol. The van der Waals surface area contributed by atoms with Crippen molar-refractivity contribution in [1.29, 1.82) is 0 Å². The maximum Gasteiger partial charge on any atom is 0.326 e. The molecule has 5 nitrogen and oxygen atoms in total. The Bertz CT molecular complexity index is 820. The van der Waals surface area contributed by atoms with Gasteiger partial charge >= 0.3 is 6.03 Å². The van der Waals surface area contributed by atoms with E-state index in [1.54, 1.807) is 11.4 Å². The molecule has 112 valence electrons. The SMILES string of the molecule is NC(=O)N1C(=O)C(C(=O)c2sccc2Br)c2cc(Cl)ccc21. The highest BCUT2D eigenvalue weighted by Gasteiger charge is 2.45. The van der Waals surface area contributed by atoms with Crippen LogP contribution in [0, 0.1) is 0 Å². The van der Waals surface area contributed by atoms with Gasteiger partial charge in [0.15, 0.2) is 5.78 Å². The first-order chi connectivity index (χ1) is 10.4. The summed E-state index contributed by atoms with van der Waals surface area (Å²) in [4.78, 5) is 38.0. The molecule has 0 saturated heterocycles. The number of anilines is 1. The zero-order chi connectivity index (χ0) is 16.0. The molecule has 1 atom stereocenters. The number of halogens is 2. The van der Waals surface area contributed by atoms with Crippen molar-refractivity contribution in [2.24, 2.45) is 5.73 Å². The first-order valence-corrected chi connectivity index (χ1v) is 8.17. The average Bonchev–Trinajstić information content (AvgIpc) is 2.98. The number of imide groups is 1. The molecule has 0 fully saturated rings. The molecular formula is C14H8BrClN2O3S. The fraction of sp³-hybridized carbons (Fsp3) is 0.0714. The number of nitrogens with zero attached hydrogens (tertiary/aromatic N) is 1. The first kappa shape index (κ1) is 15.2. The molecule has 3 amide bonds. The van der Waals surface area contributed by atoms with Gasteiger partial charge < -0.3 is 5.73 Å². The lowest BCUT2D eigenvalue weighted by atomic mass is 9.95. The Morgan fingerprint density at radius 2 is 2.05 bits per heavy atom. The van der Waals surface area contributed by atoms with E-state index in [1.807, 2.05) is 0 Å². The van der Waals surface area contributed by atoms with Crippen LogP contribution in [0.2, 0.25) is 5.02 Å². The summed E-state index contributed by atoms with van der Waals surface area (Å²) in [5, 5.41) is 2.11. The lowest BCUT2D eigenvalue weighted by Crippen LogP contribution is -2.40. The van der Waals surface area contributed by atoms with Gasteiger partial charge in [-0.3, -0.25) is 9.59 Å². The van der Waals surface area contributed by atoms with Crippen LogP contribution in [0.25, 0.3) is 0 Å². The number of amides is 3. The van der Waals surface area contributed by atoms with E-state index in [1.165, 1.54) is 29.5 Å². The zero-order valence-corrected chi connectivity index (χ0v) is 14.0. The molecule has 0 saturated carbocycles. The van der Waals surface area contributed by atoms with Crippen LogP contribution in [0.3, 0.4) is 0 Å². The van der Waals surface area contributed by atoms with Crippen LogP contribution in [0.4, 0.5) is 10.5 Å². The summed E-state index contributed by atoms with van der Waals surface area (Å²) in [7, 11) is 0. The Hall–Kier alpha value is -1.70. The van der Waals surface area contributed by atoms with Gasteiger partial charge in [0.25, 0.3) is 5.91 Å². The summed E-state index contributed by atoms with van der Waals surface area (Å²) in [6, 6.07) is 5.37. The van der Waals surface area contributed by atoms with Gasteiger partial charge in [-0.25, -0.2) is 9.69 Å². The summed E-state index contributed by atoms with van der Waals surface area (Å²) >= 11 is 10.5. The van der Waals surface area contributed by atoms with Crippen LogP contribution in [-0.2, 0) is 4.79 Å². The molecule has 0 radical (unpaired) electrons. The van der Waals surface area contributed by atoms with Crippen LogP contribution in [0.5, 0.6) is 0 Å². The number of urea groups is 1. The Balaban J connectivity index is 2.15. The molecule has 2 aromatic rings. The molecule has 2 heterocycles. The van der Waals surface area contributed by atoms with E-state index in [2.05, 4.69) is 15.9 Å². The minimum Gasteiger partial charge on any atom is -0.351 e. The van der Waals surface area contributed by atoms with E-state index in [0.29, 0.717) is 25.6 Å². The van der Waals surface area contributed by atoms with E-state index in [-0.39, 0.29) is 5.78 Å². The zero-order valence-electron chi connectivity index (χ0n) is 10.9. The topological polar surface area (TPSA) is 80.5 Å². The highest BCUT2D eigenvalue weighted by molar-refractivity contribution is 9.10. The van der Waals surface area contributed by atoms with E-state index >= 15 is 0 Å². The number of Topliss-reactive ketones (excluding diaryl/α,β-unsaturated/α-hetero) is 1. The van der Waals surface area contributed by atoms with Crippen LogP contribution >= 0.6 is 38.9 Å². The standard InChI is InChI=1S/C14H8BrClN2O3S/c15-8-3-4-22-12(8)11(19)10-7-5-6(16)1-2-9(7)18(13(10)20)14(17)21/h1-5,10H,(H2,17,21). The van der Waals surface area contributed by atoms with E-state index in [9.17, 15) is 14.4 Å². The molecule has 0 bridgehead atoms. The van der Waals surface area contributed by atoms with Crippen molar-refractivity contribution in [3.8, 4) is 0 Å².